The van der Waals surface area contributed by atoms with Crippen LogP contribution in [-0.4, -0.2) is 87.4 Å². The Balaban J connectivity index is 3.96. The summed E-state index contributed by atoms with van der Waals surface area (Å²) in [6.45, 7) is 4.96. The van der Waals surface area contributed by atoms with E-state index < -0.39 is 18.4 Å². The first-order valence-electron chi connectivity index (χ1n) is 39.5. The molecule has 2 atom stereocenters. The monoisotopic (exact) mass is 1260 g/mol. The molecule has 2 unspecified atom stereocenters. The fourth-order valence-corrected chi connectivity index (χ4v) is 12.1. The fraction of sp³-hybridized carbons (Fsp3) is 0.912. The van der Waals surface area contributed by atoms with Crippen LogP contribution < -0.4 is 0 Å². The molecule has 0 aliphatic rings. The van der Waals surface area contributed by atoms with Gasteiger partial charge >= 0.3 is 17.9 Å². The van der Waals surface area contributed by atoms with Gasteiger partial charge in [0.25, 0.3) is 6.29 Å². The van der Waals surface area contributed by atoms with E-state index in [9.17, 15) is 19.5 Å². The van der Waals surface area contributed by atoms with Crippen molar-refractivity contribution in [1.29, 1.82) is 0 Å². The number of ether oxygens (including phenoxy) is 4. The molecule has 0 rings (SSSR count). The topological polar surface area (TPSA) is 108 Å². The zero-order valence-electron chi connectivity index (χ0n) is 60.4. The molecule has 89 heavy (non-hydrogen) atoms. The molecule has 0 spiro atoms. The van der Waals surface area contributed by atoms with Gasteiger partial charge in [0.15, 0.2) is 6.10 Å². The molecule has 0 heterocycles. The third-order valence-corrected chi connectivity index (χ3v) is 18.2. The van der Waals surface area contributed by atoms with Crippen LogP contribution in [-0.2, 0) is 33.3 Å². The van der Waals surface area contributed by atoms with E-state index in [0.29, 0.717) is 17.4 Å². The lowest BCUT2D eigenvalue weighted by molar-refractivity contribution is -0.870. The lowest BCUT2D eigenvalue weighted by Gasteiger charge is -2.25. The SMILES string of the molecule is CCCCCCCCCC/C=C\CCCCCCCCCCCCCCCCCCCCCCCCCCCC(=O)OC(COC(=O)CCCCCCCCCCCCCCCCC/C=C\CCCCCCCCCC)COC(OCC[N+](C)(C)C)C(=O)O. The van der Waals surface area contributed by atoms with Crippen LogP contribution >= 0.6 is 0 Å². The lowest BCUT2D eigenvalue weighted by atomic mass is 10.0. The number of rotatable bonds is 75. The molecule has 0 fully saturated rings. The molecule has 0 amide bonds. The normalized spacial score (nSPS) is 12.7. The summed E-state index contributed by atoms with van der Waals surface area (Å²) in [5.41, 5.74) is 0. The summed E-state index contributed by atoms with van der Waals surface area (Å²) < 4.78 is 23.1. The van der Waals surface area contributed by atoms with E-state index in [1.165, 1.54) is 347 Å². The minimum atomic E-state index is -1.51. The summed E-state index contributed by atoms with van der Waals surface area (Å²) in [7, 11) is 6.00. The average Bonchev–Trinajstić information content (AvgIpc) is 3.70. The quantitative estimate of drug-likeness (QED) is 0.0211. The first kappa shape index (κ1) is 86.8. The summed E-state index contributed by atoms with van der Waals surface area (Å²) >= 11 is 0. The second-order valence-corrected chi connectivity index (χ2v) is 28.4. The van der Waals surface area contributed by atoms with Crippen molar-refractivity contribution in [2.24, 2.45) is 0 Å². The van der Waals surface area contributed by atoms with Gasteiger partial charge < -0.3 is 28.5 Å². The Morgan fingerprint density at radius 1 is 0.326 bits per heavy atom. The molecule has 0 aliphatic carbocycles. The first-order valence-corrected chi connectivity index (χ1v) is 39.5. The Morgan fingerprint density at radius 3 is 0.831 bits per heavy atom. The van der Waals surface area contributed by atoms with E-state index in [0.717, 1.165) is 38.5 Å². The molecule has 0 aromatic heterocycles. The smallest absolute Gasteiger partial charge is 0.361 e. The number of esters is 2. The van der Waals surface area contributed by atoms with Crippen LogP contribution in [0.2, 0.25) is 0 Å². The van der Waals surface area contributed by atoms with Crippen molar-refractivity contribution < 1.29 is 42.9 Å². The number of likely N-dealkylation sites (N-methyl/N-ethyl adjacent to an activating group) is 1. The van der Waals surface area contributed by atoms with Crippen LogP contribution in [0.1, 0.15) is 412 Å². The number of carboxylic acids is 1. The summed E-state index contributed by atoms with van der Waals surface area (Å²) in [6.07, 6.45) is 87.7. The van der Waals surface area contributed by atoms with Crippen LogP contribution in [0.4, 0.5) is 0 Å². The number of aliphatic carboxylic acids is 1. The maximum absolute atomic E-state index is 13.0. The van der Waals surface area contributed by atoms with Gasteiger partial charge in [-0.15, -0.1) is 0 Å². The van der Waals surface area contributed by atoms with E-state index in [1.54, 1.807) is 0 Å². The third kappa shape index (κ3) is 73.1. The maximum Gasteiger partial charge on any atom is 0.361 e. The molecule has 526 valence electrons. The first-order chi connectivity index (χ1) is 43.6. The number of hydrogen-bond acceptors (Lipinski definition) is 7. The number of nitrogens with zero attached hydrogens (tertiary/aromatic N) is 1. The zero-order chi connectivity index (χ0) is 64.7. The molecule has 1 N–H and O–H groups in total. The second-order valence-electron chi connectivity index (χ2n) is 28.4. The highest BCUT2D eigenvalue weighted by molar-refractivity contribution is 5.71. The van der Waals surface area contributed by atoms with Crippen LogP contribution in [0.3, 0.4) is 0 Å². The van der Waals surface area contributed by atoms with Crippen molar-refractivity contribution in [3.05, 3.63) is 24.3 Å². The molecule has 0 aromatic carbocycles. The number of carbonyl (C=O) groups is 3. The van der Waals surface area contributed by atoms with Crippen molar-refractivity contribution in [2.45, 2.75) is 424 Å². The van der Waals surface area contributed by atoms with Crippen LogP contribution in [0.5, 0.6) is 0 Å². The molecule has 9 heteroatoms. The highest BCUT2D eigenvalue weighted by Gasteiger charge is 2.25. The number of hydrogen-bond donors (Lipinski definition) is 1. The molecular formula is C80H154NO8+. The van der Waals surface area contributed by atoms with Crippen molar-refractivity contribution >= 4 is 17.9 Å². The van der Waals surface area contributed by atoms with Crippen molar-refractivity contribution in [3.63, 3.8) is 0 Å². The molecule has 0 saturated carbocycles. The largest absolute Gasteiger partial charge is 0.477 e. The predicted octanol–water partition coefficient (Wildman–Crippen LogP) is 24.9. The van der Waals surface area contributed by atoms with Gasteiger partial charge in [-0.05, 0) is 64.2 Å². The Kier molecular flexibility index (Phi) is 69.8. The number of quaternary nitrogens is 1. The Bertz CT molecular complexity index is 1510. The Morgan fingerprint density at radius 2 is 0.573 bits per heavy atom. The third-order valence-electron chi connectivity index (χ3n) is 18.2. The van der Waals surface area contributed by atoms with E-state index in [4.69, 9.17) is 18.9 Å². The molecule has 0 bridgehead atoms. The predicted molar refractivity (Wildman–Crippen MR) is 383 cm³/mol. The standard InChI is InChI=1S/C80H153NO8/c1-6-8-10-12-14-16-18-20-22-24-26-28-30-32-34-35-36-37-38-39-40-41-42-43-45-47-49-51-53-55-57-59-61-63-65-67-69-71-78(83)89-76(75-88-80(79(84)85)86-73-72-81(3,4)5)74-87-77(82)70-68-66-64-62-60-58-56-54-52-50-48-46-44-33-31-29-27-25-23-21-19-17-15-13-11-9-7-2/h24-27,76,80H,6-23,28-75H2,1-5H3/p+1/b26-24-,27-25-. The fourth-order valence-electron chi connectivity index (χ4n) is 12.1. The highest BCUT2D eigenvalue weighted by Crippen LogP contribution is 2.20. The number of allylic oxidation sites excluding steroid dienone is 4. The minimum absolute atomic E-state index is 0.175. The Hall–Kier alpha value is -2.23. The van der Waals surface area contributed by atoms with E-state index in [2.05, 4.69) is 38.2 Å². The second kappa shape index (κ2) is 71.6. The minimum Gasteiger partial charge on any atom is -0.477 e. The molecule has 0 radical (unpaired) electrons. The number of carboxylic acid groups (broad SMARTS) is 1. The lowest BCUT2D eigenvalue weighted by Crippen LogP contribution is -2.40. The van der Waals surface area contributed by atoms with Crippen LogP contribution in [0, 0.1) is 0 Å². The number of unbranched alkanes of at least 4 members (excludes halogenated alkanes) is 56. The van der Waals surface area contributed by atoms with Gasteiger partial charge in [-0.2, -0.15) is 0 Å². The number of carbonyl (C=O) groups excluding carboxylic acids is 2. The van der Waals surface area contributed by atoms with Gasteiger partial charge in [0, 0.05) is 12.8 Å². The van der Waals surface area contributed by atoms with Gasteiger partial charge in [-0.3, -0.25) is 9.59 Å². The molecule has 0 saturated heterocycles. The molecule has 0 aromatic rings. The summed E-state index contributed by atoms with van der Waals surface area (Å²) in [6, 6.07) is 0. The van der Waals surface area contributed by atoms with Gasteiger partial charge in [-0.1, -0.05) is 359 Å². The van der Waals surface area contributed by atoms with E-state index >= 15 is 0 Å². The van der Waals surface area contributed by atoms with Gasteiger partial charge in [0.2, 0.25) is 0 Å². The van der Waals surface area contributed by atoms with Crippen LogP contribution in [0.15, 0.2) is 24.3 Å². The Labute approximate surface area is 554 Å². The van der Waals surface area contributed by atoms with E-state index in [-0.39, 0.29) is 38.2 Å². The van der Waals surface area contributed by atoms with Gasteiger partial charge in [0.05, 0.1) is 34.4 Å². The summed E-state index contributed by atoms with van der Waals surface area (Å²) in [5, 5.41) is 9.77. The summed E-state index contributed by atoms with van der Waals surface area (Å²) in [5.74, 6) is -1.97. The zero-order valence-corrected chi connectivity index (χ0v) is 60.4. The molecule has 0 aliphatic heterocycles. The van der Waals surface area contributed by atoms with Gasteiger partial charge in [-0.25, -0.2) is 4.79 Å². The van der Waals surface area contributed by atoms with E-state index in [1.807, 2.05) is 21.1 Å². The molecular weight excluding hydrogens is 1100 g/mol. The van der Waals surface area contributed by atoms with Crippen molar-refractivity contribution in [3.8, 4) is 0 Å². The summed E-state index contributed by atoms with van der Waals surface area (Å²) in [4.78, 5) is 37.7. The highest BCUT2D eigenvalue weighted by atomic mass is 16.7. The van der Waals surface area contributed by atoms with Crippen molar-refractivity contribution in [1.82, 2.24) is 0 Å². The van der Waals surface area contributed by atoms with Gasteiger partial charge in [0.1, 0.15) is 13.2 Å². The molecule has 9 nitrogen and oxygen atoms in total. The maximum atomic E-state index is 13.0. The average molecular weight is 1260 g/mol. The van der Waals surface area contributed by atoms with Crippen molar-refractivity contribution in [2.75, 3.05) is 47.5 Å². The van der Waals surface area contributed by atoms with Crippen LogP contribution in [0.25, 0.3) is 0 Å².